The number of methoxy groups -OCH3 is 1. The highest BCUT2D eigenvalue weighted by Gasteiger charge is 2.41. The highest BCUT2D eigenvalue weighted by atomic mass is 79.9. The molecule has 0 aromatic heterocycles. The van der Waals surface area contributed by atoms with Gasteiger partial charge in [-0.3, -0.25) is 14.5 Å². The number of carbonyl (C=O) groups is 3. The lowest BCUT2D eigenvalue weighted by Gasteiger charge is -2.34. The third-order valence-corrected chi connectivity index (χ3v) is 5.76. The Kier molecular flexibility index (Phi) is 4.80. The fraction of sp³-hybridized carbons (Fsp3) is 0.0870. The van der Waals surface area contributed by atoms with Crippen molar-refractivity contribution in [3.63, 3.8) is 0 Å². The van der Waals surface area contributed by atoms with Crippen LogP contribution in [0.15, 0.2) is 77.3 Å². The zero-order valence-electron chi connectivity index (χ0n) is 15.5. The largest absolute Gasteiger partial charge is 0.466 e. The first-order valence-electron chi connectivity index (χ1n) is 8.87. The summed E-state index contributed by atoms with van der Waals surface area (Å²) in [6, 6.07) is 16.7. The van der Waals surface area contributed by atoms with Gasteiger partial charge in [-0.15, -0.1) is 0 Å². The van der Waals surface area contributed by atoms with Crippen LogP contribution in [0, 0.1) is 0 Å². The van der Waals surface area contributed by atoms with Crippen molar-refractivity contribution in [3.8, 4) is 0 Å². The van der Waals surface area contributed by atoms with E-state index >= 15 is 0 Å². The maximum absolute atomic E-state index is 13.5. The molecule has 0 aliphatic carbocycles. The highest BCUT2D eigenvalue weighted by molar-refractivity contribution is 9.10. The smallest absolute Gasteiger partial charge is 0.335 e. The van der Waals surface area contributed by atoms with E-state index in [-0.39, 0.29) is 5.57 Å². The predicted octanol–water partition coefficient (Wildman–Crippen LogP) is 4.67. The Morgan fingerprint density at radius 2 is 1.55 bits per heavy atom. The van der Waals surface area contributed by atoms with Gasteiger partial charge in [0.2, 0.25) is 0 Å². The molecule has 0 spiro atoms. The number of ether oxygens (including phenoxy) is 1. The molecular formula is C23H16BrNO4. The quantitative estimate of drug-likeness (QED) is 0.329. The van der Waals surface area contributed by atoms with Crippen LogP contribution in [0.5, 0.6) is 0 Å². The van der Waals surface area contributed by atoms with E-state index in [9.17, 15) is 14.4 Å². The average Bonchev–Trinajstić information content (AvgIpc) is 2.74. The molecular weight excluding hydrogens is 434 g/mol. The molecule has 0 N–H and O–H groups in total. The summed E-state index contributed by atoms with van der Waals surface area (Å²) in [4.78, 5) is 40.3. The number of hydrogen-bond acceptors (Lipinski definition) is 4. The summed E-state index contributed by atoms with van der Waals surface area (Å²) in [7, 11) is 1.24. The van der Waals surface area contributed by atoms with Crippen molar-refractivity contribution >= 4 is 44.5 Å². The summed E-state index contributed by atoms with van der Waals surface area (Å²) in [5.41, 5.74) is 1.38. The molecule has 1 heterocycles. The second-order valence-electron chi connectivity index (χ2n) is 6.63. The number of halogens is 1. The number of imide groups is 1. The Balaban J connectivity index is 1.95. The van der Waals surface area contributed by atoms with Crippen LogP contribution in [0.4, 0.5) is 0 Å². The van der Waals surface area contributed by atoms with Gasteiger partial charge in [0.05, 0.1) is 18.7 Å². The minimum atomic E-state index is -1.01. The van der Waals surface area contributed by atoms with E-state index in [2.05, 4.69) is 22.5 Å². The third kappa shape index (κ3) is 2.96. The number of nitrogens with zero attached hydrogens (tertiary/aromatic N) is 1. The normalized spacial score (nSPS) is 14.1. The maximum atomic E-state index is 13.5. The van der Waals surface area contributed by atoms with Crippen molar-refractivity contribution in [2.45, 2.75) is 6.04 Å². The van der Waals surface area contributed by atoms with Gasteiger partial charge in [-0.25, -0.2) is 4.79 Å². The highest BCUT2D eigenvalue weighted by Crippen LogP contribution is 2.39. The number of amides is 2. The Labute approximate surface area is 175 Å². The second-order valence-corrected chi connectivity index (χ2v) is 7.48. The van der Waals surface area contributed by atoms with E-state index in [1.807, 2.05) is 12.1 Å². The summed E-state index contributed by atoms with van der Waals surface area (Å²) in [5.74, 6) is -1.65. The van der Waals surface area contributed by atoms with Crippen molar-refractivity contribution in [2.75, 3.05) is 7.11 Å². The minimum Gasteiger partial charge on any atom is -0.466 e. The van der Waals surface area contributed by atoms with Crippen LogP contribution in [0.3, 0.4) is 0 Å². The zero-order valence-corrected chi connectivity index (χ0v) is 17.1. The van der Waals surface area contributed by atoms with Crippen LogP contribution in [0.25, 0.3) is 10.8 Å². The van der Waals surface area contributed by atoms with E-state index in [4.69, 9.17) is 4.74 Å². The lowest BCUT2D eigenvalue weighted by molar-refractivity contribution is -0.136. The van der Waals surface area contributed by atoms with Crippen molar-refractivity contribution in [3.05, 3.63) is 94.0 Å². The summed E-state index contributed by atoms with van der Waals surface area (Å²) >= 11 is 3.46. The molecule has 0 radical (unpaired) electrons. The molecule has 29 heavy (non-hydrogen) atoms. The third-order valence-electron chi connectivity index (χ3n) is 5.04. The van der Waals surface area contributed by atoms with E-state index in [0.717, 1.165) is 10.3 Å². The number of benzene rings is 3. The summed E-state index contributed by atoms with van der Waals surface area (Å²) < 4.78 is 5.49. The molecule has 0 saturated carbocycles. The first kappa shape index (κ1) is 19.1. The van der Waals surface area contributed by atoms with Crippen molar-refractivity contribution in [1.29, 1.82) is 0 Å². The zero-order chi connectivity index (χ0) is 20.7. The van der Waals surface area contributed by atoms with E-state index in [0.29, 0.717) is 26.5 Å². The molecule has 0 bridgehead atoms. The molecule has 6 heteroatoms. The molecule has 0 fully saturated rings. The maximum Gasteiger partial charge on any atom is 0.335 e. The molecule has 3 aromatic carbocycles. The van der Waals surface area contributed by atoms with Crippen LogP contribution in [-0.4, -0.2) is 29.8 Å². The lowest BCUT2D eigenvalue weighted by Crippen LogP contribution is -2.44. The SMILES string of the molecule is C=C(C(=O)OC)[C@@H](c1ccccc1Br)N1C(=O)c2cccc3cccc(c23)C1=O. The predicted molar refractivity (Wildman–Crippen MR) is 112 cm³/mol. The number of rotatable bonds is 4. The molecule has 3 aromatic rings. The van der Waals surface area contributed by atoms with Gasteiger partial charge in [0, 0.05) is 21.0 Å². The van der Waals surface area contributed by atoms with Gasteiger partial charge in [0.15, 0.2) is 0 Å². The number of hydrogen-bond donors (Lipinski definition) is 0. The molecule has 1 atom stereocenters. The van der Waals surface area contributed by atoms with E-state index < -0.39 is 23.8 Å². The van der Waals surface area contributed by atoms with Crippen LogP contribution in [0.2, 0.25) is 0 Å². The Bertz CT molecular complexity index is 1150. The Morgan fingerprint density at radius 1 is 0.966 bits per heavy atom. The second kappa shape index (κ2) is 7.29. The standard InChI is InChI=1S/C23H16BrNO4/c1-13(23(28)29-2)20(15-9-3-4-12-18(15)24)25-21(26)16-10-5-7-14-8-6-11-17(19(14)16)22(25)27/h3-12,20H,1H2,2H3/t20-/m0/s1. The van der Waals surface area contributed by atoms with Gasteiger partial charge in [0.25, 0.3) is 11.8 Å². The van der Waals surface area contributed by atoms with Crippen LogP contribution >= 0.6 is 15.9 Å². The molecule has 144 valence electrons. The molecule has 4 rings (SSSR count). The van der Waals surface area contributed by atoms with E-state index in [1.165, 1.54) is 7.11 Å². The first-order chi connectivity index (χ1) is 14.0. The van der Waals surface area contributed by atoms with Gasteiger partial charge < -0.3 is 4.74 Å². The molecule has 5 nitrogen and oxygen atoms in total. The Hall–Kier alpha value is -3.25. The molecule has 2 amide bonds. The summed E-state index contributed by atoms with van der Waals surface area (Å²) in [6.45, 7) is 3.85. The fourth-order valence-electron chi connectivity index (χ4n) is 3.71. The van der Waals surface area contributed by atoms with Crippen molar-refractivity contribution in [1.82, 2.24) is 4.90 Å². The molecule has 0 saturated heterocycles. The fourth-order valence-corrected chi connectivity index (χ4v) is 4.21. The molecule has 1 aliphatic heterocycles. The monoisotopic (exact) mass is 449 g/mol. The average molecular weight is 450 g/mol. The van der Waals surface area contributed by atoms with Crippen LogP contribution in [0.1, 0.15) is 32.3 Å². The van der Waals surface area contributed by atoms with Gasteiger partial charge in [-0.2, -0.15) is 0 Å². The lowest BCUT2D eigenvalue weighted by atomic mass is 9.90. The molecule has 1 aliphatic rings. The van der Waals surface area contributed by atoms with Crippen molar-refractivity contribution < 1.29 is 19.1 Å². The molecule has 0 unspecified atom stereocenters. The topological polar surface area (TPSA) is 63.7 Å². The van der Waals surface area contributed by atoms with Gasteiger partial charge in [0.1, 0.15) is 0 Å². The van der Waals surface area contributed by atoms with Crippen molar-refractivity contribution in [2.24, 2.45) is 0 Å². The first-order valence-corrected chi connectivity index (χ1v) is 9.66. The number of esters is 1. The van der Waals surface area contributed by atoms with E-state index in [1.54, 1.807) is 48.5 Å². The van der Waals surface area contributed by atoms with Gasteiger partial charge in [-0.05, 0) is 29.1 Å². The minimum absolute atomic E-state index is 0.00680. The van der Waals surface area contributed by atoms with Crippen LogP contribution < -0.4 is 0 Å². The summed E-state index contributed by atoms with van der Waals surface area (Å²) in [6.07, 6.45) is 0. The summed E-state index contributed by atoms with van der Waals surface area (Å²) in [5, 5.41) is 1.43. The van der Waals surface area contributed by atoms with Gasteiger partial charge >= 0.3 is 5.97 Å². The van der Waals surface area contributed by atoms with Crippen LogP contribution in [-0.2, 0) is 9.53 Å². The Morgan fingerprint density at radius 3 is 2.10 bits per heavy atom. The van der Waals surface area contributed by atoms with Gasteiger partial charge in [-0.1, -0.05) is 65.0 Å². The number of carbonyl (C=O) groups excluding carboxylic acids is 3.